The molecule has 1 fully saturated rings. The molecule has 10 heteroatoms. The second-order valence-corrected chi connectivity index (χ2v) is 8.63. The highest BCUT2D eigenvalue weighted by molar-refractivity contribution is 5.91. The topological polar surface area (TPSA) is 141 Å². The van der Waals surface area contributed by atoms with Gasteiger partial charge in [-0.15, -0.1) is 0 Å². The first-order chi connectivity index (χ1) is 17.4. The molecule has 10 nitrogen and oxygen atoms in total. The average molecular weight is 493 g/mol. The number of aromatic nitrogens is 1. The van der Waals surface area contributed by atoms with Crippen LogP contribution in [0.3, 0.4) is 0 Å². The van der Waals surface area contributed by atoms with E-state index in [2.05, 4.69) is 15.6 Å². The van der Waals surface area contributed by atoms with Crippen LogP contribution in [0.25, 0.3) is 10.9 Å². The summed E-state index contributed by atoms with van der Waals surface area (Å²) in [6.07, 6.45) is 2.30. The Morgan fingerprint density at radius 1 is 1.08 bits per heavy atom. The van der Waals surface area contributed by atoms with Crippen molar-refractivity contribution in [1.82, 2.24) is 20.5 Å². The minimum Gasteiger partial charge on any atom is -0.480 e. The van der Waals surface area contributed by atoms with Gasteiger partial charge in [0.25, 0.3) is 0 Å². The van der Waals surface area contributed by atoms with E-state index < -0.39 is 42.5 Å². The first kappa shape index (κ1) is 24.8. The SMILES string of the molecule is O=C(CNC(=O)[C@@H]1CCCN1C(=O)OCc1ccccc1)N[C@@H](Cc1c[nH]c2ccccc12)C(=O)O. The maximum absolute atomic E-state index is 12.7. The molecule has 4 rings (SSSR count). The van der Waals surface area contributed by atoms with Gasteiger partial charge in [-0.1, -0.05) is 48.5 Å². The Morgan fingerprint density at radius 2 is 1.83 bits per heavy atom. The minimum absolute atomic E-state index is 0.0860. The van der Waals surface area contributed by atoms with Gasteiger partial charge in [0.1, 0.15) is 18.7 Å². The lowest BCUT2D eigenvalue weighted by atomic mass is 10.0. The van der Waals surface area contributed by atoms with E-state index in [9.17, 15) is 24.3 Å². The first-order valence-electron chi connectivity index (χ1n) is 11.7. The van der Waals surface area contributed by atoms with Crippen LogP contribution in [0.15, 0.2) is 60.8 Å². The number of hydrogen-bond acceptors (Lipinski definition) is 5. The standard InChI is InChI=1S/C26H28N4O6/c31-23(29-21(25(33)34)13-18-14-27-20-10-5-4-9-19(18)20)15-28-24(32)22-11-6-12-30(22)26(35)36-16-17-7-2-1-3-8-17/h1-5,7-10,14,21-22,27H,6,11-13,15-16H2,(H,28,32)(H,29,31)(H,33,34)/t21-,22-/m0/s1. The molecular formula is C26H28N4O6. The maximum atomic E-state index is 12.7. The molecule has 1 aliphatic rings. The number of fused-ring (bicyclic) bond motifs is 1. The number of carbonyl (C=O) groups is 4. The Kier molecular flexibility index (Phi) is 7.84. The zero-order valence-electron chi connectivity index (χ0n) is 19.6. The highest BCUT2D eigenvalue weighted by atomic mass is 16.6. The van der Waals surface area contributed by atoms with Crippen molar-refractivity contribution in [2.45, 2.75) is 38.0 Å². The molecule has 36 heavy (non-hydrogen) atoms. The summed E-state index contributed by atoms with van der Waals surface area (Å²) in [4.78, 5) is 53.8. The fourth-order valence-corrected chi connectivity index (χ4v) is 4.31. The normalized spacial score (nSPS) is 15.9. The number of para-hydroxylation sites is 1. The summed E-state index contributed by atoms with van der Waals surface area (Å²) in [5.74, 6) is -2.29. The molecule has 0 spiro atoms. The molecule has 1 aliphatic heterocycles. The van der Waals surface area contributed by atoms with Gasteiger partial charge in [0.05, 0.1) is 6.54 Å². The van der Waals surface area contributed by atoms with Crippen molar-refractivity contribution < 1.29 is 29.0 Å². The number of rotatable bonds is 9. The van der Waals surface area contributed by atoms with Crippen molar-refractivity contribution >= 4 is 34.8 Å². The van der Waals surface area contributed by atoms with Crippen LogP contribution in [0.1, 0.15) is 24.0 Å². The van der Waals surface area contributed by atoms with Crippen LogP contribution in [0, 0.1) is 0 Å². The lowest BCUT2D eigenvalue weighted by Crippen LogP contribution is -2.50. The second kappa shape index (κ2) is 11.4. The number of likely N-dealkylation sites (tertiary alicyclic amines) is 1. The Bertz CT molecular complexity index is 1240. The largest absolute Gasteiger partial charge is 0.480 e. The van der Waals surface area contributed by atoms with E-state index in [0.717, 1.165) is 22.0 Å². The van der Waals surface area contributed by atoms with Crippen molar-refractivity contribution in [3.8, 4) is 0 Å². The van der Waals surface area contributed by atoms with Crippen LogP contribution in [-0.4, -0.2) is 64.0 Å². The van der Waals surface area contributed by atoms with Crippen LogP contribution >= 0.6 is 0 Å². The van der Waals surface area contributed by atoms with Gasteiger partial charge < -0.3 is 25.5 Å². The van der Waals surface area contributed by atoms with E-state index in [4.69, 9.17) is 4.74 Å². The molecule has 2 atom stereocenters. The smallest absolute Gasteiger partial charge is 0.410 e. The van der Waals surface area contributed by atoms with Gasteiger partial charge in [0, 0.05) is 30.1 Å². The van der Waals surface area contributed by atoms with Gasteiger partial charge >= 0.3 is 12.1 Å². The monoisotopic (exact) mass is 492 g/mol. The lowest BCUT2D eigenvalue weighted by molar-refractivity contribution is -0.141. The Labute approximate surface area is 207 Å². The van der Waals surface area contributed by atoms with Crippen LogP contribution in [0.5, 0.6) is 0 Å². The van der Waals surface area contributed by atoms with Crippen LogP contribution in [-0.2, 0) is 32.1 Å². The van der Waals surface area contributed by atoms with Crippen LogP contribution in [0.2, 0.25) is 0 Å². The summed E-state index contributed by atoms with van der Waals surface area (Å²) >= 11 is 0. The predicted molar refractivity (Wildman–Crippen MR) is 131 cm³/mol. The number of nitrogens with zero attached hydrogens (tertiary/aromatic N) is 1. The van der Waals surface area contributed by atoms with Crippen molar-refractivity contribution in [1.29, 1.82) is 0 Å². The fourth-order valence-electron chi connectivity index (χ4n) is 4.31. The number of ether oxygens (including phenoxy) is 1. The molecule has 3 aromatic rings. The molecule has 2 heterocycles. The summed E-state index contributed by atoms with van der Waals surface area (Å²) in [5.41, 5.74) is 2.47. The molecule has 1 aromatic heterocycles. The maximum Gasteiger partial charge on any atom is 0.410 e. The number of aromatic amines is 1. The minimum atomic E-state index is -1.18. The molecule has 0 radical (unpaired) electrons. The Hall–Kier alpha value is -4.34. The summed E-state index contributed by atoms with van der Waals surface area (Å²) < 4.78 is 5.34. The van der Waals surface area contributed by atoms with Gasteiger partial charge in [0.2, 0.25) is 11.8 Å². The van der Waals surface area contributed by atoms with Gasteiger partial charge in [-0.2, -0.15) is 0 Å². The summed E-state index contributed by atoms with van der Waals surface area (Å²) in [6.45, 7) is 0.0729. The van der Waals surface area contributed by atoms with Crippen LogP contribution < -0.4 is 10.6 Å². The third-order valence-electron chi connectivity index (χ3n) is 6.15. The molecule has 0 unspecified atom stereocenters. The van der Waals surface area contributed by atoms with Crippen LogP contribution in [0.4, 0.5) is 4.79 Å². The van der Waals surface area contributed by atoms with E-state index in [1.54, 1.807) is 6.20 Å². The number of carbonyl (C=O) groups excluding carboxylic acids is 3. The zero-order chi connectivity index (χ0) is 25.5. The molecule has 3 amide bonds. The highest BCUT2D eigenvalue weighted by Crippen LogP contribution is 2.20. The molecule has 0 aliphatic carbocycles. The Balaban J connectivity index is 1.28. The number of amides is 3. The number of H-pyrrole nitrogens is 1. The van der Waals surface area contributed by atoms with Gasteiger partial charge in [-0.3, -0.25) is 14.5 Å². The number of benzene rings is 2. The van der Waals surface area contributed by atoms with Gasteiger partial charge in [-0.25, -0.2) is 9.59 Å². The zero-order valence-corrected chi connectivity index (χ0v) is 19.6. The molecule has 1 saturated heterocycles. The molecular weight excluding hydrogens is 464 g/mol. The third kappa shape index (κ3) is 6.01. The quantitative estimate of drug-likeness (QED) is 0.361. The first-order valence-corrected chi connectivity index (χ1v) is 11.7. The second-order valence-electron chi connectivity index (χ2n) is 8.63. The van der Waals surface area contributed by atoms with E-state index >= 15 is 0 Å². The number of carboxylic acid groups (broad SMARTS) is 1. The fraction of sp³-hybridized carbons (Fsp3) is 0.308. The van der Waals surface area contributed by atoms with Gasteiger partial charge in [0.15, 0.2) is 0 Å². The van der Waals surface area contributed by atoms with E-state index in [1.165, 1.54) is 4.90 Å². The molecule has 2 aromatic carbocycles. The lowest BCUT2D eigenvalue weighted by Gasteiger charge is -2.23. The predicted octanol–water partition coefficient (Wildman–Crippen LogP) is 2.20. The molecule has 4 N–H and O–H groups in total. The third-order valence-corrected chi connectivity index (χ3v) is 6.15. The summed E-state index contributed by atoms with van der Waals surface area (Å²) in [7, 11) is 0. The summed E-state index contributed by atoms with van der Waals surface area (Å²) in [6, 6.07) is 14.8. The number of aliphatic carboxylic acids is 1. The molecule has 0 saturated carbocycles. The summed E-state index contributed by atoms with van der Waals surface area (Å²) in [5, 5.41) is 15.5. The number of nitrogens with one attached hydrogen (secondary N) is 3. The molecule has 0 bridgehead atoms. The molecule has 188 valence electrons. The van der Waals surface area contributed by atoms with Crippen molar-refractivity contribution in [3.05, 3.63) is 71.9 Å². The number of hydrogen-bond donors (Lipinski definition) is 4. The van der Waals surface area contributed by atoms with E-state index in [1.807, 2.05) is 54.6 Å². The number of carboxylic acids is 1. The van der Waals surface area contributed by atoms with E-state index in [0.29, 0.717) is 19.4 Å². The average Bonchev–Trinajstić information content (AvgIpc) is 3.54. The van der Waals surface area contributed by atoms with Crippen molar-refractivity contribution in [2.24, 2.45) is 0 Å². The van der Waals surface area contributed by atoms with Gasteiger partial charge in [-0.05, 0) is 30.0 Å². The van der Waals surface area contributed by atoms with Crippen molar-refractivity contribution in [3.63, 3.8) is 0 Å². The highest BCUT2D eigenvalue weighted by Gasteiger charge is 2.35. The van der Waals surface area contributed by atoms with Crippen molar-refractivity contribution in [2.75, 3.05) is 13.1 Å². The van der Waals surface area contributed by atoms with E-state index in [-0.39, 0.29) is 13.0 Å². The Morgan fingerprint density at radius 3 is 2.61 bits per heavy atom.